The van der Waals surface area contributed by atoms with E-state index in [4.69, 9.17) is 27.6 Å². The van der Waals surface area contributed by atoms with E-state index < -0.39 is 0 Å². The first kappa shape index (κ1) is 11.8. The second kappa shape index (κ2) is 4.66. The number of hydrogen-bond acceptors (Lipinski definition) is 2. The maximum Gasteiger partial charge on any atom is 0.137 e. The highest BCUT2D eigenvalue weighted by Crippen LogP contribution is 2.30. The highest BCUT2D eigenvalue weighted by molar-refractivity contribution is 6.38. The quantitative estimate of drug-likeness (QED) is 0.890. The Morgan fingerprint density at radius 1 is 1.25 bits per heavy atom. The summed E-state index contributed by atoms with van der Waals surface area (Å²) in [6.45, 7) is 4.87. The Bertz CT molecular complexity index is 505. The zero-order valence-corrected chi connectivity index (χ0v) is 10.7. The molecule has 86 valence electrons. The number of benzene rings is 1. The van der Waals surface area contributed by atoms with Crippen LogP contribution in [0.15, 0.2) is 22.6 Å². The van der Waals surface area contributed by atoms with Gasteiger partial charge >= 0.3 is 0 Å². The number of halogens is 2. The molecule has 0 unspecified atom stereocenters. The molecule has 16 heavy (non-hydrogen) atoms. The number of rotatable bonds is 3. The van der Waals surface area contributed by atoms with E-state index in [1.807, 2.05) is 6.07 Å². The summed E-state index contributed by atoms with van der Waals surface area (Å²) in [5, 5.41) is 5.42. The minimum absolute atomic E-state index is 0.423. The second-order valence-corrected chi connectivity index (χ2v) is 4.89. The van der Waals surface area contributed by atoms with Crippen LogP contribution in [0, 0.1) is 0 Å². The Morgan fingerprint density at radius 2 is 2.00 bits per heavy atom. The van der Waals surface area contributed by atoms with Crippen LogP contribution in [0.1, 0.15) is 19.6 Å². The molecule has 0 bridgehead atoms. The molecule has 2 nitrogen and oxygen atoms in total. The molecule has 0 spiro atoms. The fraction of sp³-hybridized carbons (Fsp3) is 0.333. The van der Waals surface area contributed by atoms with Gasteiger partial charge in [-0.2, -0.15) is 0 Å². The molecule has 0 aliphatic carbocycles. The van der Waals surface area contributed by atoms with Gasteiger partial charge in [-0.3, -0.25) is 0 Å². The largest absolute Gasteiger partial charge is 0.460 e. The average molecular weight is 258 g/mol. The SMILES string of the molecule is CC(C)NCc1cc2c(Cl)cc(Cl)cc2o1. The third-order valence-electron chi connectivity index (χ3n) is 2.29. The molecule has 2 aromatic rings. The molecule has 0 saturated heterocycles. The Hall–Kier alpha value is -0.700. The van der Waals surface area contributed by atoms with Gasteiger partial charge in [0.15, 0.2) is 0 Å². The van der Waals surface area contributed by atoms with Crippen molar-refractivity contribution in [2.24, 2.45) is 0 Å². The predicted octanol–water partition coefficient (Wildman–Crippen LogP) is 4.24. The third kappa shape index (κ3) is 2.51. The number of furan rings is 1. The molecular formula is C12H13Cl2NO. The van der Waals surface area contributed by atoms with Crippen LogP contribution in [-0.2, 0) is 6.54 Å². The van der Waals surface area contributed by atoms with E-state index in [-0.39, 0.29) is 0 Å². The highest BCUT2D eigenvalue weighted by Gasteiger charge is 2.08. The lowest BCUT2D eigenvalue weighted by Gasteiger charge is -2.04. The topological polar surface area (TPSA) is 25.2 Å². The van der Waals surface area contributed by atoms with E-state index in [1.165, 1.54) is 0 Å². The molecule has 0 aliphatic heterocycles. The molecule has 0 fully saturated rings. The first-order chi connectivity index (χ1) is 7.56. The van der Waals surface area contributed by atoms with E-state index in [1.54, 1.807) is 12.1 Å². The van der Waals surface area contributed by atoms with Crippen molar-refractivity contribution >= 4 is 34.2 Å². The molecule has 1 N–H and O–H groups in total. The van der Waals surface area contributed by atoms with Crippen LogP contribution in [0.4, 0.5) is 0 Å². The Kier molecular flexibility index (Phi) is 3.43. The van der Waals surface area contributed by atoms with E-state index in [2.05, 4.69) is 19.2 Å². The summed E-state index contributed by atoms with van der Waals surface area (Å²) in [7, 11) is 0. The number of hydrogen-bond donors (Lipinski definition) is 1. The molecule has 0 amide bonds. The van der Waals surface area contributed by atoms with E-state index >= 15 is 0 Å². The summed E-state index contributed by atoms with van der Waals surface area (Å²) in [4.78, 5) is 0. The van der Waals surface area contributed by atoms with Crippen molar-refractivity contribution in [2.75, 3.05) is 0 Å². The lowest BCUT2D eigenvalue weighted by atomic mass is 10.2. The van der Waals surface area contributed by atoms with Crippen molar-refractivity contribution in [3.8, 4) is 0 Å². The lowest BCUT2D eigenvalue weighted by molar-refractivity contribution is 0.488. The Balaban J connectivity index is 2.33. The molecule has 1 aromatic carbocycles. The summed E-state index contributed by atoms with van der Waals surface area (Å²) < 4.78 is 5.65. The van der Waals surface area contributed by atoms with Crippen molar-refractivity contribution in [3.05, 3.63) is 34.0 Å². The smallest absolute Gasteiger partial charge is 0.137 e. The predicted molar refractivity (Wildman–Crippen MR) is 68.2 cm³/mol. The molecule has 0 aliphatic rings. The summed E-state index contributed by atoms with van der Waals surface area (Å²) in [5.41, 5.74) is 0.734. The van der Waals surface area contributed by atoms with Gasteiger partial charge in [-0.25, -0.2) is 0 Å². The monoisotopic (exact) mass is 257 g/mol. The number of nitrogens with one attached hydrogen (secondary N) is 1. The van der Waals surface area contributed by atoms with Crippen molar-refractivity contribution in [3.63, 3.8) is 0 Å². The van der Waals surface area contributed by atoms with Gasteiger partial charge in [-0.05, 0) is 12.1 Å². The van der Waals surface area contributed by atoms with Crippen LogP contribution in [0.3, 0.4) is 0 Å². The summed E-state index contributed by atoms with van der Waals surface area (Å²) in [6.07, 6.45) is 0. The van der Waals surface area contributed by atoms with Gasteiger partial charge in [0, 0.05) is 22.5 Å². The third-order valence-corrected chi connectivity index (χ3v) is 2.82. The Morgan fingerprint density at radius 3 is 2.69 bits per heavy atom. The van der Waals surface area contributed by atoms with Gasteiger partial charge in [-0.1, -0.05) is 37.0 Å². The average Bonchev–Trinajstić information content (AvgIpc) is 2.57. The molecule has 0 radical (unpaired) electrons. The van der Waals surface area contributed by atoms with Crippen LogP contribution in [0.25, 0.3) is 11.0 Å². The van der Waals surface area contributed by atoms with Gasteiger partial charge in [0.05, 0.1) is 11.6 Å². The van der Waals surface area contributed by atoms with Crippen molar-refractivity contribution < 1.29 is 4.42 Å². The zero-order valence-electron chi connectivity index (χ0n) is 9.18. The van der Waals surface area contributed by atoms with Gasteiger partial charge in [0.1, 0.15) is 11.3 Å². The van der Waals surface area contributed by atoms with E-state index in [0.717, 1.165) is 16.7 Å². The number of fused-ring (bicyclic) bond motifs is 1. The fourth-order valence-electron chi connectivity index (χ4n) is 1.51. The first-order valence-corrected chi connectivity index (χ1v) is 5.92. The fourth-order valence-corrected chi connectivity index (χ4v) is 2.04. The first-order valence-electron chi connectivity index (χ1n) is 5.17. The van der Waals surface area contributed by atoms with Gasteiger partial charge < -0.3 is 9.73 Å². The molecule has 1 aromatic heterocycles. The summed E-state index contributed by atoms with van der Waals surface area (Å²) in [5.74, 6) is 0.868. The van der Waals surface area contributed by atoms with Crippen molar-refractivity contribution in [1.82, 2.24) is 5.32 Å². The second-order valence-electron chi connectivity index (χ2n) is 4.05. The minimum atomic E-state index is 0.423. The molecule has 4 heteroatoms. The summed E-state index contributed by atoms with van der Waals surface area (Å²) >= 11 is 12.0. The van der Waals surface area contributed by atoms with E-state index in [9.17, 15) is 0 Å². The molecular weight excluding hydrogens is 245 g/mol. The van der Waals surface area contributed by atoms with Crippen molar-refractivity contribution in [2.45, 2.75) is 26.4 Å². The molecule has 1 heterocycles. The highest BCUT2D eigenvalue weighted by atomic mass is 35.5. The summed E-state index contributed by atoms with van der Waals surface area (Å²) in [6, 6.07) is 5.87. The minimum Gasteiger partial charge on any atom is -0.460 e. The maximum atomic E-state index is 6.07. The lowest BCUT2D eigenvalue weighted by Crippen LogP contribution is -2.21. The molecule has 2 rings (SSSR count). The van der Waals surface area contributed by atoms with Crippen molar-refractivity contribution in [1.29, 1.82) is 0 Å². The van der Waals surface area contributed by atoms with Crippen LogP contribution < -0.4 is 5.32 Å². The Labute approximate surface area is 105 Å². The zero-order chi connectivity index (χ0) is 11.7. The maximum absolute atomic E-state index is 6.07. The normalized spacial score (nSPS) is 11.6. The van der Waals surface area contributed by atoms with Crippen LogP contribution in [0.5, 0.6) is 0 Å². The van der Waals surface area contributed by atoms with Gasteiger partial charge in [0.25, 0.3) is 0 Å². The molecule has 0 saturated carbocycles. The van der Waals surface area contributed by atoms with Crippen LogP contribution >= 0.6 is 23.2 Å². The van der Waals surface area contributed by atoms with Crippen LogP contribution in [-0.4, -0.2) is 6.04 Å². The van der Waals surface area contributed by atoms with Gasteiger partial charge in [-0.15, -0.1) is 0 Å². The standard InChI is InChI=1S/C12H13Cl2NO/c1-7(2)15-6-9-5-10-11(14)3-8(13)4-12(10)16-9/h3-5,7,15H,6H2,1-2H3. The molecule has 0 atom stereocenters. The van der Waals surface area contributed by atoms with Crippen LogP contribution in [0.2, 0.25) is 10.0 Å². The van der Waals surface area contributed by atoms with Gasteiger partial charge in [0.2, 0.25) is 0 Å². The van der Waals surface area contributed by atoms with E-state index in [0.29, 0.717) is 22.6 Å².